The Balaban J connectivity index is 0.00000841. The summed E-state index contributed by atoms with van der Waals surface area (Å²) in [7, 11) is 1.05. The average Bonchev–Trinajstić information content (AvgIpc) is 2.60. The summed E-state index contributed by atoms with van der Waals surface area (Å²) >= 11 is 0. The molecular weight excluding hydrogens is 533 g/mol. The molecule has 0 aliphatic rings. The standard InChI is InChI=1S/C17H22F6N4O2.HI/c1-3-24-15(26-9-14(28)27(2)10-16(18,19)20)25-8-12-4-6-13(7-5-12)29-11-17(21,22)23;/h4-7H,3,8-11H2,1-2H3,(H2,24,25,26);1H. The molecule has 0 bridgehead atoms. The quantitative estimate of drug-likeness (QED) is 0.223. The lowest BCUT2D eigenvalue weighted by molar-refractivity contribution is -0.157. The Morgan fingerprint density at radius 1 is 1.07 bits per heavy atom. The first kappa shape index (κ1) is 28.1. The number of amides is 1. The highest BCUT2D eigenvalue weighted by Crippen LogP contribution is 2.19. The second-order valence-electron chi connectivity index (χ2n) is 5.96. The van der Waals surface area contributed by atoms with Gasteiger partial charge < -0.3 is 20.3 Å². The summed E-state index contributed by atoms with van der Waals surface area (Å²) in [4.78, 5) is 16.5. The second kappa shape index (κ2) is 12.7. The number of guanidine groups is 1. The van der Waals surface area contributed by atoms with Gasteiger partial charge in [-0.3, -0.25) is 4.79 Å². The first-order chi connectivity index (χ1) is 13.4. The SMILES string of the molecule is CCNC(=NCc1ccc(OCC(F)(F)F)cc1)NCC(=O)N(C)CC(F)(F)F.I. The van der Waals surface area contributed by atoms with Crippen molar-refractivity contribution in [2.24, 2.45) is 4.99 Å². The number of alkyl halides is 6. The number of likely N-dealkylation sites (N-methyl/N-ethyl adjacent to an activating group) is 1. The van der Waals surface area contributed by atoms with Gasteiger partial charge in [0, 0.05) is 13.6 Å². The van der Waals surface area contributed by atoms with Crippen molar-refractivity contribution in [3.8, 4) is 5.75 Å². The van der Waals surface area contributed by atoms with Gasteiger partial charge in [0.2, 0.25) is 5.91 Å². The predicted octanol–water partition coefficient (Wildman–Crippen LogP) is 3.32. The van der Waals surface area contributed by atoms with Crippen LogP contribution in [0.4, 0.5) is 26.3 Å². The van der Waals surface area contributed by atoms with E-state index in [1.165, 1.54) is 24.3 Å². The first-order valence-corrected chi connectivity index (χ1v) is 8.51. The third-order valence-electron chi connectivity index (χ3n) is 3.34. The average molecular weight is 556 g/mol. The molecule has 13 heteroatoms. The fourth-order valence-corrected chi connectivity index (χ4v) is 2.02. The fraction of sp³-hybridized carbons (Fsp3) is 0.529. The smallest absolute Gasteiger partial charge is 0.422 e. The number of benzene rings is 1. The number of halogens is 7. The predicted molar refractivity (Wildman–Crippen MR) is 110 cm³/mol. The maximum absolute atomic E-state index is 12.3. The molecule has 2 N–H and O–H groups in total. The minimum atomic E-state index is -4.49. The highest BCUT2D eigenvalue weighted by molar-refractivity contribution is 14.0. The van der Waals surface area contributed by atoms with E-state index >= 15 is 0 Å². The lowest BCUT2D eigenvalue weighted by Gasteiger charge is -2.20. The number of rotatable bonds is 8. The highest BCUT2D eigenvalue weighted by Gasteiger charge is 2.31. The van der Waals surface area contributed by atoms with Crippen LogP contribution < -0.4 is 15.4 Å². The highest BCUT2D eigenvalue weighted by atomic mass is 127. The summed E-state index contributed by atoms with van der Waals surface area (Å²) in [6, 6.07) is 5.79. The molecule has 0 saturated heterocycles. The molecule has 1 amide bonds. The molecule has 0 atom stereocenters. The molecule has 1 rings (SSSR count). The van der Waals surface area contributed by atoms with Crippen LogP contribution in [0.2, 0.25) is 0 Å². The van der Waals surface area contributed by atoms with Crippen molar-refractivity contribution in [1.29, 1.82) is 0 Å². The molecule has 172 valence electrons. The Morgan fingerprint density at radius 2 is 1.67 bits per heavy atom. The molecule has 0 spiro atoms. The summed E-state index contributed by atoms with van der Waals surface area (Å²) in [6.07, 6.45) is -8.92. The van der Waals surface area contributed by atoms with Crippen LogP contribution in [0.5, 0.6) is 5.75 Å². The minimum Gasteiger partial charge on any atom is -0.484 e. The van der Waals surface area contributed by atoms with Gasteiger partial charge in [-0.05, 0) is 24.6 Å². The van der Waals surface area contributed by atoms with E-state index in [1.54, 1.807) is 6.92 Å². The van der Waals surface area contributed by atoms with Gasteiger partial charge in [0.05, 0.1) is 13.1 Å². The third-order valence-corrected chi connectivity index (χ3v) is 3.34. The monoisotopic (exact) mass is 556 g/mol. The van der Waals surface area contributed by atoms with Crippen molar-refractivity contribution in [2.75, 3.05) is 33.3 Å². The van der Waals surface area contributed by atoms with Gasteiger partial charge in [0.15, 0.2) is 12.6 Å². The zero-order chi connectivity index (χ0) is 22.1. The maximum Gasteiger partial charge on any atom is 0.422 e. The molecule has 0 heterocycles. The van der Waals surface area contributed by atoms with E-state index in [0.717, 1.165) is 7.05 Å². The molecule has 30 heavy (non-hydrogen) atoms. The largest absolute Gasteiger partial charge is 0.484 e. The minimum absolute atomic E-state index is 0. The molecule has 0 radical (unpaired) electrons. The number of carbonyl (C=O) groups excluding carboxylic acids is 1. The molecule has 1 aromatic rings. The lowest BCUT2D eigenvalue weighted by Crippen LogP contribution is -2.45. The van der Waals surface area contributed by atoms with Gasteiger partial charge >= 0.3 is 12.4 Å². The number of nitrogens with zero attached hydrogens (tertiary/aromatic N) is 2. The van der Waals surface area contributed by atoms with Crippen LogP contribution in [-0.2, 0) is 11.3 Å². The van der Waals surface area contributed by atoms with E-state index in [9.17, 15) is 31.1 Å². The Morgan fingerprint density at radius 3 is 2.17 bits per heavy atom. The summed E-state index contributed by atoms with van der Waals surface area (Å²) in [5.74, 6) is -0.504. The van der Waals surface area contributed by atoms with E-state index in [1.807, 2.05) is 0 Å². The van der Waals surface area contributed by atoms with Gasteiger partial charge in [-0.15, -0.1) is 24.0 Å². The van der Waals surface area contributed by atoms with E-state index in [2.05, 4.69) is 20.4 Å². The van der Waals surface area contributed by atoms with E-state index in [0.29, 0.717) is 17.0 Å². The summed E-state index contributed by atoms with van der Waals surface area (Å²) in [5.41, 5.74) is 0.655. The maximum atomic E-state index is 12.3. The van der Waals surface area contributed by atoms with Crippen molar-refractivity contribution in [1.82, 2.24) is 15.5 Å². The van der Waals surface area contributed by atoms with Crippen molar-refractivity contribution in [3.63, 3.8) is 0 Å². The van der Waals surface area contributed by atoms with Crippen LogP contribution >= 0.6 is 24.0 Å². The number of aliphatic imine (C=N–C) groups is 1. The molecule has 0 aliphatic carbocycles. The molecule has 0 aliphatic heterocycles. The van der Waals surface area contributed by atoms with Crippen molar-refractivity contribution in [3.05, 3.63) is 29.8 Å². The number of nitrogens with one attached hydrogen (secondary N) is 2. The summed E-state index contributed by atoms with van der Waals surface area (Å²) in [5, 5.41) is 5.48. The zero-order valence-electron chi connectivity index (χ0n) is 16.2. The Kier molecular flexibility index (Phi) is 11.9. The lowest BCUT2D eigenvalue weighted by atomic mass is 10.2. The molecule has 6 nitrogen and oxygen atoms in total. The molecule has 0 unspecified atom stereocenters. The van der Waals surface area contributed by atoms with Crippen LogP contribution in [0.15, 0.2) is 29.3 Å². The fourth-order valence-electron chi connectivity index (χ4n) is 2.02. The van der Waals surface area contributed by atoms with Gasteiger partial charge in [-0.2, -0.15) is 26.3 Å². The summed E-state index contributed by atoms with van der Waals surface area (Å²) in [6.45, 7) is -0.798. The van der Waals surface area contributed by atoms with E-state index in [-0.39, 0.29) is 48.8 Å². The summed E-state index contributed by atoms with van der Waals surface area (Å²) < 4.78 is 77.9. The topological polar surface area (TPSA) is 66.0 Å². The van der Waals surface area contributed by atoms with Crippen molar-refractivity contribution < 1.29 is 35.9 Å². The Bertz CT molecular complexity index is 680. The number of ether oxygens (including phenoxy) is 1. The first-order valence-electron chi connectivity index (χ1n) is 8.51. The van der Waals surface area contributed by atoms with Crippen molar-refractivity contribution >= 4 is 35.8 Å². The van der Waals surface area contributed by atoms with Crippen LogP contribution in [0, 0.1) is 0 Å². The van der Waals surface area contributed by atoms with Crippen LogP contribution in [0.1, 0.15) is 12.5 Å². The molecule has 0 aromatic heterocycles. The normalized spacial score (nSPS) is 12.1. The third kappa shape index (κ3) is 12.6. The van der Waals surface area contributed by atoms with E-state index < -0.39 is 31.4 Å². The van der Waals surface area contributed by atoms with E-state index in [4.69, 9.17) is 0 Å². The zero-order valence-corrected chi connectivity index (χ0v) is 18.6. The second-order valence-corrected chi connectivity index (χ2v) is 5.96. The number of hydrogen-bond donors (Lipinski definition) is 2. The van der Waals surface area contributed by atoms with Gasteiger partial charge in [0.25, 0.3) is 0 Å². The van der Waals surface area contributed by atoms with Gasteiger partial charge in [-0.25, -0.2) is 4.99 Å². The number of carbonyl (C=O) groups is 1. The Labute approximate surface area is 187 Å². The number of hydrogen-bond acceptors (Lipinski definition) is 3. The van der Waals surface area contributed by atoms with Gasteiger partial charge in [0.1, 0.15) is 12.3 Å². The molecular formula is C17H23F6IN4O2. The van der Waals surface area contributed by atoms with Gasteiger partial charge in [-0.1, -0.05) is 12.1 Å². The van der Waals surface area contributed by atoms with Crippen LogP contribution in [0.3, 0.4) is 0 Å². The molecule has 0 fully saturated rings. The Hall–Kier alpha value is -1.93. The molecule has 0 saturated carbocycles. The van der Waals surface area contributed by atoms with Crippen LogP contribution in [-0.4, -0.2) is 62.4 Å². The molecule has 1 aromatic carbocycles. The van der Waals surface area contributed by atoms with Crippen LogP contribution in [0.25, 0.3) is 0 Å². The van der Waals surface area contributed by atoms with Crippen molar-refractivity contribution in [2.45, 2.75) is 25.8 Å².